The highest BCUT2D eigenvalue weighted by molar-refractivity contribution is 5.81. The van der Waals surface area contributed by atoms with Gasteiger partial charge in [-0.15, -0.1) is 0 Å². The van der Waals surface area contributed by atoms with Gasteiger partial charge in [0, 0.05) is 25.4 Å². The first-order valence-corrected chi connectivity index (χ1v) is 10.8. The van der Waals surface area contributed by atoms with E-state index >= 15 is 0 Å². The minimum absolute atomic E-state index is 0.00711. The molecule has 1 saturated heterocycles. The highest BCUT2D eigenvalue weighted by Gasteiger charge is 2.38. The highest BCUT2D eigenvalue weighted by Crippen LogP contribution is 2.40. The van der Waals surface area contributed by atoms with Crippen molar-refractivity contribution in [1.82, 2.24) is 10.2 Å². The van der Waals surface area contributed by atoms with Gasteiger partial charge in [0.05, 0.1) is 0 Å². The van der Waals surface area contributed by atoms with Gasteiger partial charge in [0.15, 0.2) is 0 Å². The van der Waals surface area contributed by atoms with Gasteiger partial charge in [-0.3, -0.25) is 9.59 Å². The summed E-state index contributed by atoms with van der Waals surface area (Å²) in [6.45, 7) is 6.68. The summed E-state index contributed by atoms with van der Waals surface area (Å²) in [6.07, 6.45) is 1.22. The first kappa shape index (κ1) is 22.8. The van der Waals surface area contributed by atoms with Crippen LogP contribution in [-0.4, -0.2) is 53.2 Å². The summed E-state index contributed by atoms with van der Waals surface area (Å²) in [4.78, 5) is 25.5. The third-order valence-electron chi connectivity index (χ3n) is 6.69. The smallest absolute Gasteiger partial charge is 0.322 e. The summed E-state index contributed by atoms with van der Waals surface area (Å²) >= 11 is 0. The second-order valence-corrected chi connectivity index (χ2v) is 8.86. The molecule has 1 aliphatic heterocycles. The van der Waals surface area contributed by atoms with Crippen LogP contribution in [0.1, 0.15) is 43.7 Å². The molecule has 1 fully saturated rings. The zero-order valence-electron chi connectivity index (χ0n) is 18.3. The zero-order chi connectivity index (χ0) is 22.4. The fourth-order valence-electron chi connectivity index (χ4n) is 4.57. The van der Waals surface area contributed by atoms with Gasteiger partial charge in [-0.1, -0.05) is 56.3 Å². The van der Waals surface area contributed by atoms with Crippen LogP contribution in [0.3, 0.4) is 0 Å². The van der Waals surface area contributed by atoms with E-state index in [1.54, 1.807) is 6.07 Å². The lowest BCUT2D eigenvalue weighted by molar-refractivity contribution is -0.138. The molecule has 1 amide bonds. The Hall–Kier alpha value is -2.86. The molecule has 166 valence electrons. The van der Waals surface area contributed by atoms with Crippen LogP contribution in [-0.2, 0) is 15.0 Å². The lowest BCUT2D eigenvalue weighted by atomic mass is 9.68. The van der Waals surface area contributed by atoms with Crippen LogP contribution in [0.5, 0.6) is 5.75 Å². The normalized spacial score (nSPS) is 22.6. The van der Waals surface area contributed by atoms with Gasteiger partial charge in [-0.25, -0.2) is 0 Å². The fourth-order valence-corrected chi connectivity index (χ4v) is 4.57. The van der Waals surface area contributed by atoms with Crippen molar-refractivity contribution in [3.05, 3.63) is 65.7 Å². The van der Waals surface area contributed by atoms with Crippen LogP contribution in [0.4, 0.5) is 0 Å². The van der Waals surface area contributed by atoms with Gasteiger partial charge < -0.3 is 20.4 Å². The Labute approximate surface area is 183 Å². The number of carbonyl (C=O) groups is 2. The number of piperidine rings is 1. The van der Waals surface area contributed by atoms with Crippen molar-refractivity contribution in [2.24, 2.45) is 5.92 Å². The average molecular weight is 425 g/mol. The van der Waals surface area contributed by atoms with E-state index in [9.17, 15) is 14.7 Å². The van der Waals surface area contributed by atoms with E-state index in [-0.39, 0.29) is 30.2 Å². The molecular weight excluding hydrogens is 392 g/mol. The Balaban J connectivity index is 1.69. The predicted octanol–water partition coefficient (Wildman–Crippen LogP) is 3.37. The molecule has 1 aliphatic rings. The van der Waals surface area contributed by atoms with E-state index < -0.39 is 5.97 Å². The maximum Gasteiger partial charge on any atom is 0.322 e. The number of rotatable bonds is 8. The molecule has 3 unspecified atom stereocenters. The summed E-state index contributed by atoms with van der Waals surface area (Å²) in [5, 5.41) is 21.2. The number of hydrogen-bond acceptors (Lipinski definition) is 4. The molecular formula is C25H32N2O4. The molecule has 3 rings (SSSR count). The minimum atomic E-state index is -1.04. The number of phenols is 1. The molecule has 1 heterocycles. The van der Waals surface area contributed by atoms with Crippen LogP contribution in [0.2, 0.25) is 0 Å². The Morgan fingerprint density at radius 2 is 1.94 bits per heavy atom. The monoisotopic (exact) mass is 424 g/mol. The maximum absolute atomic E-state index is 12.3. The summed E-state index contributed by atoms with van der Waals surface area (Å²) in [5.41, 5.74) is 2.23. The number of amides is 1. The minimum Gasteiger partial charge on any atom is -0.508 e. The van der Waals surface area contributed by atoms with Crippen LogP contribution in [0.15, 0.2) is 54.6 Å². The molecule has 3 N–H and O–H groups in total. The van der Waals surface area contributed by atoms with E-state index in [2.05, 4.69) is 30.1 Å². The lowest BCUT2D eigenvalue weighted by Gasteiger charge is -2.46. The number of benzene rings is 2. The average Bonchev–Trinajstić information content (AvgIpc) is 2.75. The zero-order valence-corrected chi connectivity index (χ0v) is 18.3. The highest BCUT2D eigenvalue weighted by atomic mass is 16.4. The van der Waals surface area contributed by atoms with Gasteiger partial charge in [-0.05, 0) is 47.6 Å². The van der Waals surface area contributed by atoms with E-state index in [4.69, 9.17) is 5.11 Å². The molecule has 3 atom stereocenters. The second-order valence-electron chi connectivity index (χ2n) is 8.86. The van der Waals surface area contributed by atoms with Crippen LogP contribution >= 0.6 is 0 Å². The summed E-state index contributed by atoms with van der Waals surface area (Å²) in [6, 6.07) is 17.5. The number of aliphatic carboxylic acids is 1. The van der Waals surface area contributed by atoms with Gasteiger partial charge >= 0.3 is 5.97 Å². The van der Waals surface area contributed by atoms with Crippen molar-refractivity contribution >= 4 is 11.9 Å². The number of carboxylic acid groups (broad SMARTS) is 1. The number of hydrogen-bond donors (Lipinski definition) is 3. The number of likely N-dealkylation sites (tertiary alicyclic amines) is 1. The molecule has 0 bridgehead atoms. The fraction of sp³-hybridized carbons (Fsp3) is 0.440. The second kappa shape index (κ2) is 9.96. The van der Waals surface area contributed by atoms with E-state index in [0.717, 1.165) is 37.2 Å². The van der Waals surface area contributed by atoms with Gasteiger partial charge in [0.2, 0.25) is 5.91 Å². The standard InChI is InChI=1S/C25H32N2O4/c1-18-16-27(12-11-25(18,2)21-9-6-10-22(28)14-21)17-20(19-7-4-3-5-8-19)13-23(29)26-15-24(30)31/h3-10,14,18,20,28H,11-13,15-17H2,1-2H3,(H,26,29)(H,30,31). The number of carboxylic acids is 1. The molecule has 0 aromatic heterocycles. The van der Waals surface area contributed by atoms with E-state index in [1.165, 1.54) is 0 Å². The number of nitrogens with zero attached hydrogens (tertiary/aromatic N) is 1. The van der Waals surface area contributed by atoms with Gasteiger partial charge in [0.1, 0.15) is 12.3 Å². The molecule has 2 aromatic rings. The largest absolute Gasteiger partial charge is 0.508 e. The maximum atomic E-state index is 12.3. The van der Waals surface area contributed by atoms with Crippen molar-refractivity contribution in [3.63, 3.8) is 0 Å². The van der Waals surface area contributed by atoms with Gasteiger partial charge in [-0.2, -0.15) is 0 Å². The van der Waals surface area contributed by atoms with Gasteiger partial charge in [0.25, 0.3) is 0 Å². The molecule has 0 saturated carbocycles. The van der Waals surface area contributed by atoms with Crippen molar-refractivity contribution in [3.8, 4) is 5.75 Å². The van der Waals surface area contributed by atoms with E-state index in [1.807, 2.05) is 42.5 Å². The van der Waals surface area contributed by atoms with Crippen molar-refractivity contribution in [1.29, 1.82) is 0 Å². The Bertz CT molecular complexity index is 901. The molecule has 0 spiro atoms. The molecule has 6 heteroatoms. The van der Waals surface area contributed by atoms with E-state index in [0.29, 0.717) is 11.7 Å². The first-order valence-electron chi connectivity index (χ1n) is 10.8. The number of nitrogens with one attached hydrogen (secondary N) is 1. The third-order valence-corrected chi connectivity index (χ3v) is 6.69. The lowest BCUT2D eigenvalue weighted by Crippen LogP contribution is -2.48. The molecule has 6 nitrogen and oxygen atoms in total. The number of aromatic hydroxyl groups is 1. The Morgan fingerprint density at radius 3 is 2.58 bits per heavy atom. The first-order chi connectivity index (χ1) is 14.8. The quantitative estimate of drug-likeness (QED) is 0.605. The summed E-state index contributed by atoms with van der Waals surface area (Å²) in [7, 11) is 0. The third kappa shape index (κ3) is 5.85. The van der Waals surface area contributed by atoms with Crippen LogP contribution < -0.4 is 5.32 Å². The summed E-state index contributed by atoms with van der Waals surface area (Å²) < 4.78 is 0. The Morgan fingerprint density at radius 1 is 1.19 bits per heavy atom. The molecule has 0 aliphatic carbocycles. The molecule has 0 radical (unpaired) electrons. The van der Waals surface area contributed by atoms with Crippen molar-refractivity contribution < 1.29 is 19.8 Å². The number of carbonyl (C=O) groups excluding carboxylic acids is 1. The topological polar surface area (TPSA) is 89.9 Å². The van der Waals surface area contributed by atoms with Crippen molar-refractivity contribution in [2.45, 2.75) is 38.0 Å². The van der Waals surface area contributed by atoms with Crippen LogP contribution in [0, 0.1) is 5.92 Å². The van der Waals surface area contributed by atoms with Crippen molar-refractivity contribution in [2.75, 3.05) is 26.2 Å². The number of phenolic OH excluding ortho intramolecular Hbond substituents is 1. The summed E-state index contributed by atoms with van der Waals surface area (Å²) in [5.74, 6) is -0.621. The SMILES string of the molecule is CC1CN(CC(CC(=O)NCC(=O)O)c2ccccc2)CCC1(C)c1cccc(O)c1. The Kier molecular flexibility index (Phi) is 7.33. The molecule has 2 aromatic carbocycles. The molecule has 31 heavy (non-hydrogen) atoms. The van der Waals surface area contributed by atoms with Crippen LogP contribution in [0.25, 0.3) is 0 Å². The predicted molar refractivity (Wildman–Crippen MR) is 120 cm³/mol.